The molecule has 198 valence electrons. The summed E-state index contributed by atoms with van der Waals surface area (Å²) in [7, 11) is 0. The van der Waals surface area contributed by atoms with Crippen molar-refractivity contribution < 1.29 is 10.2 Å². The van der Waals surface area contributed by atoms with Gasteiger partial charge < -0.3 is 15.5 Å². The van der Waals surface area contributed by atoms with Crippen molar-refractivity contribution in [2.75, 3.05) is 19.6 Å². The molecule has 0 amide bonds. The van der Waals surface area contributed by atoms with Gasteiger partial charge in [0.2, 0.25) is 0 Å². The number of alkyl halides is 1. The zero-order chi connectivity index (χ0) is 24.1. The average Bonchev–Trinajstić information content (AvgIpc) is 2.88. The second-order valence-corrected chi connectivity index (χ2v) is 13.3. The van der Waals surface area contributed by atoms with E-state index < -0.39 is 0 Å². The molecular formula is C29H53ClN2O2. The Balaban J connectivity index is 1.16. The molecule has 4 fully saturated rings. The number of halogens is 1. The van der Waals surface area contributed by atoms with Crippen molar-refractivity contribution in [2.24, 2.45) is 35.5 Å². The fourth-order valence-electron chi connectivity index (χ4n) is 8.11. The summed E-state index contributed by atoms with van der Waals surface area (Å²) in [4.78, 5) is 2.31. The van der Waals surface area contributed by atoms with Crippen LogP contribution in [0.25, 0.3) is 0 Å². The van der Waals surface area contributed by atoms with Gasteiger partial charge in [-0.3, -0.25) is 4.90 Å². The molecule has 0 aromatic rings. The van der Waals surface area contributed by atoms with Gasteiger partial charge >= 0.3 is 0 Å². The molecule has 4 rings (SSSR count). The van der Waals surface area contributed by atoms with Gasteiger partial charge in [-0.15, -0.1) is 11.6 Å². The maximum atomic E-state index is 10.9. The number of rotatable bonds is 8. The largest absolute Gasteiger partial charge is 0.393 e. The summed E-state index contributed by atoms with van der Waals surface area (Å²) in [5.41, 5.74) is 0. The lowest BCUT2D eigenvalue weighted by molar-refractivity contribution is -0.0256. The minimum Gasteiger partial charge on any atom is -0.393 e. The quantitative estimate of drug-likeness (QED) is 0.372. The van der Waals surface area contributed by atoms with E-state index in [0.717, 1.165) is 42.7 Å². The van der Waals surface area contributed by atoms with Gasteiger partial charge in [0, 0.05) is 31.1 Å². The third kappa shape index (κ3) is 7.34. The van der Waals surface area contributed by atoms with Crippen LogP contribution in [0.3, 0.4) is 0 Å². The van der Waals surface area contributed by atoms with Crippen molar-refractivity contribution in [1.82, 2.24) is 10.2 Å². The van der Waals surface area contributed by atoms with E-state index in [-0.39, 0.29) is 12.3 Å². The number of hydrogen-bond acceptors (Lipinski definition) is 4. The van der Waals surface area contributed by atoms with Gasteiger partial charge in [0.05, 0.1) is 6.10 Å². The van der Waals surface area contributed by atoms with Crippen molar-refractivity contribution in [1.29, 1.82) is 0 Å². The van der Waals surface area contributed by atoms with Crippen LogP contribution in [0.5, 0.6) is 0 Å². The van der Waals surface area contributed by atoms with Crippen LogP contribution in [-0.4, -0.2) is 58.5 Å². The molecule has 0 radical (unpaired) electrons. The normalized spacial score (nSPS) is 39.4. The summed E-state index contributed by atoms with van der Waals surface area (Å²) >= 11 is 6.31. The van der Waals surface area contributed by atoms with E-state index in [1.165, 1.54) is 89.9 Å². The highest BCUT2D eigenvalue weighted by Crippen LogP contribution is 2.43. The molecule has 7 unspecified atom stereocenters. The zero-order valence-electron chi connectivity index (χ0n) is 22.0. The van der Waals surface area contributed by atoms with Crippen molar-refractivity contribution in [3.05, 3.63) is 0 Å². The second-order valence-electron chi connectivity index (χ2n) is 12.7. The van der Waals surface area contributed by atoms with Crippen LogP contribution in [0, 0.1) is 35.5 Å². The lowest BCUT2D eigenvalue weighted by Gasteiger charge is -2.42. The first-order valence-electron chi connectivity index (χ1n) is 14.9. The Hall–Kier alpha value is 0.130. The van der Waals surface area contributed by atoms with Gasteiger partial charge in [-0.25, -0.2) is 0 Å². The highest BCUT2D eigenvalue weighted by Gasteiger charge is 2.35. The first-order valence-corrected chi connectivity index (χ1v) is 15.3. The van der Waals surface area contributed by atoms with E-state index in [9.17, 15) is 10.2 Å². The van der Waals surface area contributed by atoms with Crippen LogP contribution >= 0.6 is 11.6 Å². The molecule has 0 aromatic heterocycles. The number of aliphatic hydroxyl groups is 2. The Bertz CT molecular complexity index is 589. The highest BCUT2D eigenvalue weighted by atomic mass is 35.5. The summed E-state index contributed by atoms with van der Waals surface area (Å²) in [5, 5.41) is 25.2. The third-order valence-corrected chi connectivity index (χ3v) is 11.0. The Morgan fingerprint density at radius 1 is 0.735 bits per heavy atom. The maximum Gasteiger partial charge on any atom is 0.119 e. The third-order valence-electron chi connectivity index (χ3n) is 10.6. The van der Waals surface area contributed by atoms with E-state index in [2.05, 4.69) is 17.1 Å². The summed E-state index contributed by atoms with van der Waals surface area (Å²) in [5.74, 6) is 4.60. The molecule has 3 aliphatic carbocycles. The van der Waals surface area contributed by atoms with Gasteiger partial charge in [0.15, 0.2) is 0 Å². The molecule has 34 heavy (non-hydrogen) atoms. The molecule has 0 bridgehead atoms. The predicted molar refractivity (Wildman–Crippen MR) is 142 cm³/mol. The molecule has 4 nitrogen and oxygen atoms in total. The van der Waals surface area contributed by atoms with Crippen molar-refractivity contribution >= 4 is 11.6 Å². The van der Waals surface area contributed by atoms with E-state index in [1.54, 1.807) is 0 Å². The SMILES string of the molecule is CC(O)C1CCCC(C2CCCC(C(C)NCC(O)N3CCC(C4CCC(Cl)CC4)CC3)C2)C1. The molecule has 3 N–H and O–H groups in total. The number of piperidine rings is 1. The highest BCUT2D eigenvalue weighted by molar-refractivity contribution is 6.20. The summed E-state index contributed by atoms with van der Waals surface area (Å²) in [6.45, 7) is 7.11. The first kappa shape index (κ1) is 27.2. The van der Waals surface area contributed by atoms with Gasteiger partial charge in [-0.2, -0.15) is 0 Å². The smallest absolute Gasteiger partial charge is 0.119 e. The molecule has 0 aromatic carbocycles. The monoisotopic (exact) mass is 496 g/mol. The minimum atomic E-state index is -0.355. The van der Waals surface area contributed by atoms with Crippen LogP contribution in [0.15, 0.2) is 0 Å². The minimum absolute atomic E-state index is 0.144. The zero-order valence-corrected chi connectivity index (χ0v) is 22.8. The molecular weight excluding hydrogens is 444 g/mol. The Labute approximate surface area is 214 Å². The first-order chi connectivity index (χ1) is 16.4. The second kappa shape index (κ2) is 13.1. The van der Waals surface area contributed by atoms with Crippen LogP contribution < -0.4 is 5.32 Å². The molecule has 4 aliphatic rings. The van der Waals surface area contributed by atoms with E-state index in [0.29, 0.717) is 23.9 Å². The van der Waals surface area contributed by atoms with E-state index >= 15 is 0 Å². The number of likely N-dealkylation sites (tertiary alicyclic amines) is 1. The lowest BCUT2D eigenvalue weighted by atomic mass is 9.66. The summed E-state index contributed by atoms with van der Waals surface area (Å²) < 4.78 is 0. The molecule has 7 atom stereocenters. The fourth-order valence-corrected chi connectivity index (χ4v) is 8.36. The lowest BCUT2D eigenvalue weighted by Crippen LogP contribution is -2.49. The Morgan fingerprint density at radius 2 is 1.29 bits per heavy atom. The van der Waals surface area contributed by atoms with Crippen LogP contribution in [0.4, 0.5) is 0 Å². The topological polar surface area (TPSA) is 55.7 Å². The Morgan fingerprint density at radius 3 is 1.91 bits per heavy atom. The molecule has 1 aliphatic heterocycles. The molecule has 5 heteroatoms. The average molecular weight is 497 g/mol. The van der Waals surface area contributed by atoms with Crippen molar-refractivity contribution in [3.8, 4) is 0 Å². The van der Waals surface area contributed by atoms with Gasteiger partial charge in [0.1, 0.15) is 6.23 Å². The number of aliphatic hydroxyl groups excluding tert-OH is 2. The fraction of sp³-hybridized carbons (Fsp3) is 1.00. The number of nitrogens with zero attached hydrogens (tertiary/aromatic N) is 1. The Kier molecular flexibility index (Phi) is 10.5. The summed E-state index contributed by atoms with van der Waals surface area (Å²) in [6.07, 6.45) is 17.5. The van der Waals surface area contributed by atoms with E-state index in [1.807, 2.05) is 6.92 Å². The molecule has 1 saturated heterocycles. The van der Waals surface area contributed by atoms with Crippen molar-refractivity contribution in [2.45, 2.75) is 127 Å². The maximum absolute atomic E-state index is 10.9. The summed E-state index contributed by atoms with van der Waals surface area (Å²) in [6, 6.07) is 0.469. The number of hydrogen-bond donors (Lipinski definition) is 3. The van der Waals surface area contributed by atoms with Gasteiger partial charge in [-0.05, 0) is 114 Å². The van der Waals surface area contributed by atoms with Gasteiger partial charge in [0.25, 0.3) is 0 Å². The van der Waals surface area contributed by atoms with Crippen LogP contribution in [0.1, 0.15) is 104 Å². The van der Waals surface area contributed by atoms with E-state index in [4.69, 9.17) is 11.6 Å². The molecule has 1 heterocycles. The van der Waals surface area contributed by atoms with Crippen LogP contribution in [-0.2, 0) is 0 Å². The van der Waals surface area contributed by atoms with Crippen molar-refractivity contribution in [3.63, 3.8) is 0 Å². The number of nitrogens with one attached hydrogen (secondary N) is 1. The molecule has 3 saturated carbocycles. The van der Waals surface area contributed by atoms with Crippen LogP contribution in [0.2, 0.25) is 0 Å². The standard InChI is InChI=1S/C29H53ClN2O2/c1-20(24-5-3-7-26(17-24)27-8-4-6-25(18-27)21(2)33)31-19-29(34)32-15-13-23(14-16-32)22-9-11-28(30)12-10-22/h20-29,31,33-34H,3-19H2,1-2H3. The molecule has 0 spiro atoms. The van der Waals surface area contributed by atoms with Gasteiger partial charge in [-0.1, -0.05) is 25.7 Å². The predicted octanol–water partition coefficient (Wildman–Crippen LogP) is 5.79.